The summed E-state index contributed by atoms with van der Waals surface area (Å²) >= 11 is 0. The third-order valence-electron chi connectivity index (χ3n) is 3.31. The number of carbonyl (C=O) groups is 2. The van der Waals surface area contributed by atoms with Crippen LogP contribution in [-0.2, 0) is 4.79 Å². The molecule has 1 aliphatic heterocycles. The van der Waals surface area contributed by atoms with Gasteiger partial charge in [-0.25, -0.2) is 4.79 Å². The van der Waals surface area contributed by atoms with Crippen molar-refractivity contribution in [3.8, 4) is 0 Å². The van der Waals surface area contributed by atoms with Gasteiger partial charge in [-0.2, -0.15) is 13.2 Å². The summed E-state index contributed by atoms with van der Waals surface area (Å²) in [5.41, 5.74) is 0. The molecule has 0 aromatic rings. The standard InChI is InChI=1S/C12H20F3N3O3/c1-16-4-3-9(5-16)6-17(2)11(21)18(7-10(19)20)8-12(13,14)15/h9H,3-8H2,1-2H3,(H,19,20). The summed E-state index contributed by atoms with van der Waals surface area (Å²) in [6.45, 7) is -0.554. The molecule has 0 spiro atoms. The van der Waals surface area contributed by atoms with Gasteiger partial charge in [-0.3, -0.25) is 4.79 Å². The van der Waals surface area contributed by atoms with Crippen molar-refractivity contribution < 1.29 is 27.9 Å². The first-order valence-corrected chi connectivity index (χ1v) is 6.55. The van der Waals surface area contributed by atoms with Crippen molar-refractivity contribution in [1.29, 1.82) is 0 Å². The molecule has 1 N–H and O–H groups in total. The number of hydrogen-bond acceptors (Lipinski definition) is 3. The monoisotopic (exact) mass is 311 g/mol. The van der Waals surface area contributed by atoms with Gasteiger partial charge in [0, 0.05) is 20.1 Å². The number of likely N-dealkylation sites (tertiary alicyclic amines) is 1. The van der Waals surface area contributed by atoms with Gasteiger partial charge in [0.2, 0.25) is 0 Å². The molecule has 0 bridgehead atoms. The number of carboxylic acids is 1. The zero-order valence-corrected chi connectivity index (χ0v) is 12.1. The fourth-order valence-electron chi connectivity index (χ4n) is 2.45. The molecule has 1 rings (SSSR count). The molecule has 21 heavy (non-hydrogen) atoms. The highest BCUT2D eigenvalue weighted by Gasteiger charge is 2.35. The Labute approximate surface area is 121 Å². The van der Waals surface area contributed by atoms with Crippen molar-refractivity contribution in [3.63, 3.8) is 0 Å². The molecule has 6 nitrogen and oxygen atoms in total. The highest BCUT2D eigenvalue weighted by molar-refractivity contribution is 5.80. The zero-order valence-electron chi connectivity index (χ0n) is 12.1. The smallest absolute Gasteiger partial charge is 0.406 e. The third kappa shape index (κ3) is 6.19. The van der Waals surface area contributed by atoms with Gasteiger partial charge in [-0.15, -0.1) is 0 Å². The molecular weight excluding hydrogens is 291 g/mol. The molecule has 0 radical (unpaired) electrons. The molecule has 1 aliphatic rings. The lowest BCUT2D eigenvalue weighted by Crippen LogP contribution is -2.48. The Morgan fingerprint density at radius 2 is 2.00 bits per heavy atom. The van der Waals surface area contributed by atoms with E-state index in [0.717, 1.165) is 19.5 Å². The van der Waals surface area contributed by atoms with Gasteiger partial charge < -0.3 is 19.8 Å². The molecule has 1 heterocycles. The topological polar surface area (TPSA) is 64.1 Å². The van der Waals surface area contributed by atoms with Gasteiger partial charge in [0.15, 0.2) is 0 Å². The van der Waals surface area contributed by atoms with Gasteiger partial charge in [-0.1, -0.05) is 0 Å². The van der Waals surface area contributed by atoms with E-state index >= 15 is 0 Å². The van der Waals surface area contributed by atoms with E-state index in [1.807, 2.05) is 7.05 Å². The van der Waals surface area contributed by atoms with Crippen LogP contribution in [0.3, 0.4) is 0 Å². The fraction of sp³-hybridized carbons (Fsp3) is 0.833. The van der Waals surface area contributed by atoms with Crippen LogP contribution < -0.4 is 0 Å². The molecule has 1 atom stereocenters. The van der Waals surface area contributed by atoms with Crippen molar-refractivity contribution in [2.24, 2.45) is 5.92 Å². The lowest BCUT2D eigenvalue weighted by molar-refractivity contribution is -0.149. The third-order valence-corrected chi connectivity index (χ3v) is 3.31. The summed E-state index contributed by atoms with van der Waals surface area (Å²) in [6.07, 6.45) is -3.76. The maximum Gasteiger partial charge on any atom is 0.406 e. The van der Waals surface area contributed by atoms with Crippen molar-refractivity contribution in [2.75, 3.05) is 46.8 Å². The summed E-state index contributed by atoms with van der Waals surface area (Å²) in [5.74, 6) is -1.27. The van der Waals surface area contributed by atoms with E-state index in [4.69, 9.17) is 5.11 Å². The molecule has 9 heteroatoms. The molecule has 0 aromatic heterocycles. The fourth-order valence-corrected chi connectivity index (χ4v) is 2.45. The summed E-state index contributed by atoms with van der Waals surface area (Å²) in [6, 6.07) is -0.913. The number of carbonyl (C=O) groups excluding carboxylic acids is 1. The van der Waals surface area contributed by atoms with E-state index < -0.39 is 31.3 Å². The second kappa shape index (κ2) is 6.97. The first-order chi connectivity index (χ1) is 9.58. The molecule has 0 aliphatic carbocycles. The predicted molar refractivity (Wildman–Crippen MR) is 68.9 cm³/mol. The zero-order chi connectivity index (χ0) is 16.2. The van der Waals surface area contributed by atoms with Gasteiger partial charge in [0.05, 0.1) is 0 Å². The van der Waals surface area contributed by atoms with Crippen LogP contribution in [0.4, 0.5) is 18.0 Å². The Balaban J connectivity index is 2.63. The van der Waals surface area contributed by atoms with Gasteiger partial charge in [-0.05, 0) is 25.9 Å². The summed E-state index contributed by atoms with van der Waals surface area (Å²) in [5, 5.41) is 8.64. The first kappa shape index (κ1) is 17.5. The Morgan fingerprint density at radius 1 is 1.38 bits per heavy atom. The van der Waals surface area contributed by atoms with Gasteiger partial charge >= 0.3 is 18.2 Å². The molecule has 2 amide bonds. The number of aliphatic carboxylic acids is 1. The van der Waals surface area contributed by atoms with Crippen molar-refractivity contribution in [1.82, 2.24) is 14.7 Å². The van der Waals surface area contributed by atoms with Crippen LogP contribution >= 0.6 is 0 Å². The molecular formula is C12H20F3N3O3. The number of halogens is 3. The Kier molecular flexibility index (Phi) is 5.82. The Hall–Kier alpha value is -1.51. The maximum absolute atomic E-state index is 12.4. The normalized spacial score (nSPS) is 19.6. The second-order valence-corrected chi connectivity index (χ2v) is 5.45. The predicted octanol–water partition coefficient (Wildman–Crippen LogP) is 0.939. The Morgan fingerprint density at radius 3 is 2.43 bits per heavy atom. The van der Waals surface area contributed by atoms with Crippen LogP contribution in [0.1, 0.15) is 6.42 Å². The van der Waals surface area contributed by atoms with E-state index in [0.29, 0.717) is 11.4 Å². The van der Waals surface area contributed by atoms with Crippen LogP contribution in [0.5, 0.6) is 0 Å². The van der Waals surface area contributed by atoms with E-state index in [9.17, 15) is 22.8 Å². The summed E-state index contributed by atoms with van der Waals surface area (Å²) in [7, 11) is 3.33. The average molecular weight is 311 g/mol. The number of amides is 2. The molecule has 122 valence electrons. The quantitative estimate of drug-likeness (QED) is 0.821. The number of carboxylic acid groups (broad SMARTS) is 1. The molecule has 1 unspecified atom stereocenters. The number of urea groups is 1. The van der Waals surface area contributed by atoms with Crippen molar-refractivity contribution in [3.05, 3.63) is 0 Å². The van der Waals surface area contributed by atoms with Gasteiger partial charge in [0.25, 0.3) is 0 Å². The van der Waals surface area contributed by atoms with Crippen LogP contribution in [0.15, 0.2) is 0 Å². The van der Waals surface area contributed by atoms with Crippen LogP contribution in [0, 0.1) is 5.92 Å². The SMILES string of the molecule is CN1CCC(CN(C)C(=O)N(CC(=O)O)CC(F)(F)F)C1. The maximum atomic E-state index is 12.4. The lowest BCUT2D eigenvalue weighted by Gasteiger charge is -2.29. The van der Waals surface area contributed by atoms with E-state index in [2.05, 4.69) is 4.90 Å². The highest BCUT2D eigenvalue weighted by atomic mass is 19.4. The molecule has 1 fully saturated rings. The van der Waals surface area contributed by atoms with Crippen molar-refractivity contribution in [2.45, 2.75) is 12.6 Å². The van der Waals surface area contributed by atoms with Crippen molar-refractivity contribution >= 4 is 12.0 Å². The van der Waals surface area contributed by atoms with Crippen LogP contribution in [0.25, 0.3) is 0 Å². The first-order valence-electron chi connectivity index (χ1n) is 6.55. The number of hydrogen-bond donors (Lipinski definition) is 1. The Bertz CT molecular complexity index is 390. The molecule has 0 aromatic carbocycles. The molecule has 1 saturated heterocycles. The van der Waals surface area contributed by atoms with Crippen LogP contribution in [-0.4, -0.2) is 84.8 Å². The van der Waals surface area contributed by atoms with E-state index in [1.165, 1.54) is 11.9 Å². The highest BCUT2D eigenvalue weighted by Crippen LogP contribution is 2.19. The van der Waals surface area contributed by atoms with Crippen LogP contribution in [0.2, 0.25) is 0 Å². The average Bonchev–Trinajstić information content (AvgIpc) is 2.70. The number of rotatable bonds is 5. The minimum atomic E-state index is -4.63. The van der Waals surface area contributed by atoms with Gasteiger partial charge in [0.1, 0.15) is 13.1 Å². The minimum Gasteiger partial charge on any atom is -0.480 e. The number of alkyl halides is 3. The molecule has 0 saturated carbocycles. The number of nitrogens with zero attached hydrogens (tertiary/aromatic N) is 3. The summed E-state index contributed by atoms with van der Waals surface area (Å²) < 4.78 is 37.3. The lowest BCUT2D eigenvalue weighted by atomic mass is 10.1. The minimum absolute atomic E-state index is 0.196. The van der Waals surface area contributed by atoms with E-state index in [-0.39, 0.29) is 5.92 Å². The second-order valence-electron chi connectivity index (χ2n) is 5.45. The van der Waals surface area contributed by atoms with E-state index in [1.54, 1.807) is 0 Å². The summed E-state index contributed by atoms with van der Waals surface area (Å²) in [4.78, 5) is 26.2. The largest absolute Gasteiger partial charge is 0.480 e.